The molecule has 0 unspecified atom stereocenters. The van der Waals surface area contributed by atoms with Crippen molar-refractivity contribution in [2.24, 2.45) is 11.1 Å². The molecule has 3 rings (SSSR count). The number of carbonyl (C=O) groups excluding carboxylic acids is 1. The van der Waals surface area contributed by atoms with E-state index in [2.05, 4.69) is 36.0 Å². The van der Waals surface area contributed by atoms with Gasteiger partial charge in [-0.25, -0.2) is 4.68 Å². The van der Waals surface area contributed by atoms with Crippen molar-refractivity contribution in [1.82, 2.24) is 14.7 Å². The van der Waals surface area contributed by atoms with Gasteiger partial charge in [0.2, 0.25) is 5.91 Å². The van der Waals surface area contributed by atoms with E-state index in [9.17, 15) is 4.79 Å². The minimum atomic E-state index is -0.428. The number of nitrogens with two attached hydrogens (primary N) is 1. The molecule has 128 valence electrons. The van der Waals surface area contributed by atoms with Gasteiger partial charge in [0.25, 0.3) is 0 Å². The van der Waals surface area contributed by atoms with Crippen molar-refractivity contribution in [3.05, 3.63) is 47.3 Å². The molecule has 0 radical (unpaired) electrons. The van der Waals surface area contributed by atoms with Crippen molar-refractivity contribution in [1.29, 1.82) is 0 Å². The van der Waals surface area contributed by atoms with Gasteiger partial charge in [-0.1, -0.05) is 6.07 Å². The zero-order chi connectivity index (χ0) is 17.3. The van der Waals surface area contributed by atoms with Crippen LogP contribution in [0.2, 0.25) is 0 Å². The molecule has 1 fully saturated rings. The van der Waals surface area contributed by atoms with Crippen LogP contribution in [0.25, 0.3) is 5.69 Å². The van der Waals surface area contributed by atoms with E-state index in [1.807, 2.05) is 23.9 Å². The summed E-state index contributed by atoms with van der Waals surface area (Å²) in [6.45, 7) is 8.76. The Kier molecular flexibility index (Phi) is 4.45. The first-order valence-corrected chi connectivity index (χ1v) is 8.51. The Morgan fingerprint density at radius 3 is 2.83 bits per heavy atom. The predicted molar refractivity (Wildman–Crippen MR) is 94.9 cm³/mol. The summed E-state index contributed by atoms with van der Waals surface area (Å²) in [6, 6.07) is 6.32. The Balaban J connectivity index is 1.91. The molecule has 1 amide bonds. The van der Waals surface area contributed by atoms with Crippen molar-refractivity contribution in [2.75, 3.05) is 13.1 Å². The normalized spacial score (nSPS) is 21.8. The number of amides is 1. The van der Waals surface area contributed by atoms with Crippen LogP contribution < -0.4 is 5.73 Å². The summed E-state index contributed by atoms with van der Waals surface area (Å²) in [4.78, 5) is 14.2. The van der Waals surface area contributed by atoms with Crippen LogP contribution in [0.3, 0.4) is 0 Å². The van der Waals surface area contributed by atoms with E-state index in [1.54, 1.807) is 6.20 Å². The van der Waals surface area contributed by atoms with Gasteiger partial charge in [0, 0.05) is 25.5 Å². The van der Waals surface area contributed by atoms with Crippen molar-refractivity contribution in [3.63, 3.8) is 0 Å². The summed E-state index contributed by atoms with van der Waals surface area (Å²) in [7, 11) is 0. The van der Waals surface area contributed by atoms with Crippen LogP contribution in [0.4, 0.5) is 0 Å². The number of benzene rings is 1. The third-order valence-electron chi connectivity index (χ3n) is 5.10. The number of primary amides is 1. The smallest absolute Gasteiger partial charge is 0.224 e. The highest BCUT2D eigenvalue weighted by Gasteiger charge is 2.36. The van der Waals surface area contributed by atoms with Gasteiger partial charge in [0.05, 0.1) is 11.1 Å². The largest absolute Gasteiger partial charge is 0.369 e. The Morgan fingerprint density at radius 1 is 1.38 bits per heavy atom. The van der Waals surface area contributed by atoms with Crippen molar-refractivity contribution in [3.8, 4) is 5.69 Å². The number of aryl methyl sites for hydroxylation is 2. The summed E-state index contributed by atoms with van der Waals surface area (Å²) >= 11 is 0. The summed E-state index contributed by atoms with van der Waals surface area (Å²) < 4.78 is 1.92. The first kappa shape index (κ1) is 16.7. The highest BCUT2D eigenvalue weighted by Crippen LogP contribution is 2.31. The summed E-state index contributed by atoms with van der Waals surface area (Å²) in [6.07, 6.45) is 5.65. The van der Waals surface area contributed by atoms with Gasteiger partial charge in [-0.15, -0.1) is 0 Å². The number of carbonyl (C=O) groups is 1. The molecule has 1 atom stereocenters. The minimum Gasteiger partial charge on any atom is -0.369 e. The first-order chi connectivity index (χ1) is 11.4. The molecule has 1 saturated heterocycles. The van der Waals surface area contributed by atoms with Gasteiger partial charge in [0.1, 0.15) is 0 Å². The van der Waals surface area contributed by atoms with Gasteiger partial charge >= 0.3 is 0 Å². The fourth-order valence-corrected chi connectivity index (χ4v) is 3.70. The monoisotopic (exact) mass is 326 g/mol. The maximum absolute atomic E-state index is 11.8. The van der Waals surface area contributed by atoms with Crippen LogP contribution in [-0.2, 0) is 11.3 Å². The highest BCUT2D eigenvalue weighted by molar-refractivity contribution is 5.80. The number of piperidine rings is 1. The fourth-order valence-electron chi connectivity index (χ4n) is 3.70. The average molecular weight is 326 g/mol. The Morgan fingerprint density at radius 2 is 2.17 bits per heavy atom. The topological polar surface area (TPSA) is 64.2 Å². The molecule has 24 heavy (non-hydrogen) atoms. The number of rotatable bonds is 4. The highest BCUT2D eigenvalue weighted by atomic mass is 16.1. The lowest BCUT2D eigenvalue weighted by Gasteiger charge is -2.38. The van der Waals surface area contributed by atoms with Crippen molar-refractivity contribution < 1.29 is 4.79 Å². The lowest BCUT2D eigenvalue weighted by atomic mass is 9.81. The van der Waals surface area contributed by atoms with Gasteiger partial charge in [-0.3, -0.25) is 9.69 Å². The predicted octanol–water partition coefficient (Wildman–Crippen LogP) is 2.58. The zero-order valence-electron chi connectivity index (χ0n) is 14.7. The van der Waals surface area contributed by atoms with Crippen molar-refractivity contribution >= 4 is 5.91 Å². The third-order valence-corrected chi connectivity index (χ3v) is 5.10. The van der Waals surface area contributed by atoms with Crippen LogP contribution in [0.15, 0.2) is 30.6 Å². The lowest BCUT2D eigenvalue weighted by molar-refractivity contribution is -0.129. The van der Waals surface area contributed by atoms with E-state index in [0.717, 1.165) is 31.6 Å². The molecular formula is C19H26N4O. The number of hydrogen-bond acceptors (Lipinski definition) is 3. The molecule has 0 spiro atoms. The number of nitrogens with zero attached hydrogens (tertiary/aromatic N) is 3. The number of aromatic nitrogens is 2. The van der Waals surface area contributed by atoms with Gasteiger partial charge < -0.3 is 5.73 Å². The molecule has 5 heteroatoms. The van der Waals surface area contributed by atoms with E-state index < -0.39 is 5.41 Å². The Labute approximate surface area is 143 Å². The molecule has 2 aromatic rings. The maximum atomic E-state index is 11.8. The Bertz CT molecular complexity index is 738. The maximum Gasteiger partial charge on any atom is 0.224 e. The van der Waals surface area contributed by atoms with Gasteiger partial charge in [-0.2, -0.15) is 5.10 Å². The molecule has 1 aromatic heterocycles. The molecule has 0 bridgehead atoms. The van der Waals surface area contributed by atoms with E-state index in [0.29, 0.717) is 6.54 Å². The average Bonchev–Trinajstić information content (AvgIpc) is 3.04. The molecule has 2 N–H and O–H groups in total. The van der Waals surface area contributed by atoms with Crippen LogP contribution in [0.1, 0.15) is 36.5 Å². The van der Waals surface area contributed by atoms with Gasteiger partial charge in [-0.05, 0) is 69.0 Å². The summed E-state index contributed by atoms with van der Waals surface area (Å²) in [5.41, 5.74) is 10.1. The summed E-state index contributed by atoms with van der Waals surface area (Å²) in [5, 5.41) is 4.40. The quantitative estimate of drug-likeness (QED) is 0.939. The standard InChI is InChI=1S/C19H26N4O/c1-14-10-15(2)16(17(11-14)23-9-5-7-21-23)12-22-8-4-6-19(3,13-22)18(20)24/h5,7,9-11H,4,6,8,12-13H2,1-3H3,(H2,20,24)/t19-/m1/s1. The summed E-state index contributed by atoms with van der Waals surface area (Å²) in [5.74, 6) is -0.194. The molecule has 0 aliphatic carbocycles. The van der Waals surface area contributed by atoms with E-state index in [1.165, 1.54) is 16.7 Å². The molecular weight excluding hydrogens is 300 g/mol. The number of likely N-dealkylation sites (tertiary alicyclic amines) is 1. The Hall–Kier alpha value is -2.14. The lowest BCUT2D eigenvalue weighted by Crippen LogP contribution is -2.48. The van der Waals surface area contributed by atoms with Crippen molar-refractivity contribution in [2.45, 2.75) is 40.2 Å². The second-order valence-electron chi connectivity index (χ2n) is 7.27. The molecule has 5 nitrogen and oxygen atoms in total. The molecule has 1 aliphatic heterocycles. The second-order valence-corrected chi connectivity index (χ2v) is 7.27. The van der Waals surface area contributed by atoms with Crippen LogP contribution in [0, 0.1) is 19.3 Å². The molecule has 1 aliphatic rings. The molecule has 1 aromatic carbocycles. The third kappa shape index (κ3) is 3.22. The number of hydrogen-bond donors (Lipinski definition) is 1. The van der Waals surface area contributed by atoms with E-state index in [4.69, 9.17) is 5.73 Å². The second kappa shape index (κ2) is 6.40. The van der Waals surface area contributed by atoms with Crippen LogP contribution >= 0.6 is 0 Å². The SMILES string of the molecule is Cc1cc(C)c(CN2CCC[C@@](C)(C(N)=O)C2)c(-n2cccn2)c1. The van der Waals surface area contributed by atoms with Gasteiger partial charge in [0.15, 0.2) is 0 Å². The van der Waals surface area contributed by atoms with E-state index in [-0.39, 0.29) is 5.91 Å². The molecule has 2 heterocycles. The fraction of sp³-hybridized carbons (Fsp3) is 0.474. The zero-order valence-corrected chi connectivity index (χ0v) is 14.7. The molecule has 0 saturated carbocycles. The minimum absolute atomic E-state index is 0.194. The van der Waals surface area contributed by atoms with Crippen LogP contribution in [-0.4, -0.2) is 33.7 Å². The van der Waals surface area contributed by atoms with E-state index >= 15 is 0 Å². The first-order valence-electron chi connectivity index (χ1n) is 8.51. The van der Waals surface area contributed by atoms with Crippen LogP contribution in [0.5, 0.6) is 0 Å².